The number of carbonyl (C=O) groups is 1. The molecule has 2 aromatic rings. The van der Waals surface area contributed by atoms with Gasteiger partial charge in [-0.15, -0.1) is 0 Å². The van der Waals surface area contributed by atoms with Crippen molar-refractivity contribution in [3.8, 4) is 0 Å². The number of thioether (sulfide) groups is 1. The minimum absolute atomic E-state index is 0.113. The lowest BCUT2D eigenvalue weighted by atomic mass is 10.0. The van der Waals surface area contributed by atoms with E-state index in [4.69, 9.17) is 0 Å². The number of nitrogens with zero attached hydrogens (tertiary/aromatic N) is 3. The summed E-state index contributed by atoms with van der Waals surface area (Å²) in [5.74, 6) is 1.26. The quantitative estimate of drug-likeness (QED) is 0.599. The zero-order valence-electron chi connectivity index (χ0n) is 15.5. The van der Waals surface area contributed by atoms with Crippen LogP contribution in [0.5, 0.6) is 0 Å². The maximum absolute atomic E-state index is 13.2. The summed E-state index contributed by atoms with van der Waals surface area (Å²) in [4.78, 5) is 24.5. The van der Waals surface area contributed by atoms with Crippen LogP contribution in [0.2, 0.25) is 0 Å². The largest absolute Gasteiger partial charge is 0.339 e. The van der Waals surface area contributed by atoms with Gasteiger partial charge in [0.25, 0.3) is 0 Å². The monoisotopic (exact) mass is 357 g/mol. The van der Waals surface area contributed by atoms with E-state index in [0.29, 0.717) is 6.04 Å². The number of amides is 1. The summed E-state index contributed by atoms with van der Waals surface area (Å²) in [5, 5.41) is 1.83. The Bertz CT molecular complexity index is 762. The van der Waals surface area contributed by atoms with Crippen LogP contribution >= 0.6 is 11.8 Å². The second-order valence-electron chi connectivity index (χ2n) is 7.25. The highest BCUT2D eigenvalue weighted by Gasteiger charge is 2.32. The lowest BCUT2D eigenvalue weighted by Crippen LogP contribution is -2.47. The molecule has 2 atom stereocenters. The first-order valence-electron chi connectivity index (χ1n) is 9.18. The van der Waals surface area contributed by atoms with Crippen molar-refractivity contribution in [2.45, 2.75) is 63.3 Å². The summed E-state index contributed by atoms with van der Waals surface area (Å²) >= 11 is 1.60. The van der Waals surface area contributed by atoms with E-state index in [1.54, 1.807) is 11.8 Å². The van der Waals surface area contributed by atoms with Gasteiger partial charge in [-0.3, -0.25) is 4.79 Å². The van der Waals surface area contributed by atoms with Crippen LogP contribution in [0, 0.1) is 12.8 Å². The van der Waals surface area contributed by atoms with Gasteiger partial charge in [0.1, 0.15) is 10.9 Å². The third-order valence-corrected chi connectivity index (χ3v) is 6.39. The van der Waals surface area contributed by atoms with E-state index in [1.165, 1.54) is 6.42 Å². The number of aromatic nitrogens is 2. The summed E-state index contributed by atoms with van der Waals surface area (Å²) in [7, 11) is 0. The number of piperidine rings is 1. The molecule has 25 heavy (non-hydrogen) atoms. The molecule has 0 saturated carbocycles. The zero-order valence-corrected chi connectivity index (χ0v) is 16.3. The van der Waals surface area contributed by atoms with Crippen molar-refractivity contribution in [1.82, 2.24) is 14.9 Å². The Morgan fingerprint density at radius 1 is 1.24 bits per heavy atom. The van der Waals surface area contributed by atoms with Crippen LogP contribution in [0.4, 0.5) is 0 Å². The molecule has 1 aromatic heterocycles. The Morgan fingerprint density at radius 3 is 2.72 bits per heavy atom. The van der Waals surface area contributed by atoms with Gasteiger partial charge in [0.15, 0.2) is 0 Å². The first kappa shape index (κ1) is 18.2. The number of carbonyl (C=O) groups excluding carboxylic acids is 1. The molecule has 2 heterocycles. The standard InChI is InChI=1S/C20H27N3OS/c1-13(2)18(20(24)23-12-8-7-9-14(23)3)25-19-16-10-5-6-11-17(16)21-15(4)22-19/h5-6,10-11,13-14,18H,7-9,12H2,1-4H3. The van der Waals surface area contributed by atoms with Crippen LogP contribution in [-0.2, 0) is 4.79 Å². The fourth-order valence-electron chi connectivity index (χ4n) is 3.43. The molecule has 1 saturated heterocycles. The van der Waals surface area contributed by atoms with Crippen molar-refractivity contribution in [3.05, 3.63) is 30.1 Å². The van der Waals surface area contributed by atoms with Gasteiger partial charge in [-0.05, 0) is 45.1 Å². The lowest BCUT2D eigenvalue weighted by molar-refractivity contribution is -0.134. The summed E-state index contributed by atoms with van der Waals surface area (Å²) < 4.78 is 0. The second kappa shape index (κ2) is 7.73. The second-order valence-corrected chi connectivity index (χ2v) is 8.38. The zero-order chi connectivity index (χ0) is 18.0. The molecule has 0 radical (unpaired) electrons. The van der Waals surface area contributed by atoms with Crippen LogP contribution in [0.15, 0.2) is 29.3 Å². The predicted octanol–water partition coefficient (Wildman–Crippen LogP) is 4.46. The molecule has 2 unspecified atom stereocenters. The third kappa shape index (κ3) is 3.97. The van der Waals surface area contributed by atoms with Gasteiger partial charge in [-0.1, -0.05) is 43.8 Å². The molecule has 5 heteroatoms. The van der Waals surface area contributed by atoms with Crippen LogP contribution in [-0.4, -0.2) is 38.6 Å². The molecular weight excluding hydrogens is 330 g/mol. The Labute approximate surface area is 154 Å². The summed E-state index contributed by atoms with van der Waals surface area (Å²) in [6, 6.07) is 8.38. The van der Waals surface area contributed by atoms with E-state index in [1.807, 2.05) is 31.2 Å². The van der Waals surface area contributed by atoms with Gasteiger partial charge in [0.05, 0.1) is 10.8 Å². The van der Waals surface area contributed by atoms with Gasteiger partial charge in [0, 0.05) is 18.0 Å². The number of fused-ring (bicyclic) bond motifs is 1. The van der Waals surface area contributed by atoms with Gasteiger partial charge < -0.3 is 4.90 Å². The van der Waals surface area contributed by atoms with Crippen molar-refractivity contribution in [2.24, 2.45) is 5.92 Å². The fraction of sp³-hybridized carbons (Fsp3) is 0.550. The maximum atomic E-state index is 13.2. The molecule has 134 valence electrons. The molecule has 4 nitrogen and oxygen atoms in total. The summed E-state index contributed by atoms with van der Waals surface area (Å²) in [5.41, 5.74) is 0.943. The maximum Gasteiger partial charge on any atom is 0.236 e. The van der Waals surface area contributed by atoms with Crippen molar-refractivity contribution in [3.63, 3.8) is 0 Å². The number of hydrogen-bond donors (Lipinski definition) is 0. The van der Waals surface area contributed by atoms with Crippen molar-refractivity contribution >= 4 is 28.6 Å². The Morgan fingerprint density at radius 2 is 2.00 bits per heavy atom. The average Bonchev–Trinajstić information content (AvgIpc) is 2.59. The van der Waals surface area contributed by atoms with E-state index in [-0.39, 0.29) is 17.1 Å². The highest BCUT2D eigenvalue weighted by molar-refractivity contribution is 8.00. The minimum Gasteiger partial charge on any atom is -0.339 e. The molecular formula is C20H27N3OS. The number of benzene rings is 1. The molecule has 1 aliphatic heterocycles. The Kier molecular flexibility index (Phi) is 5.62. The average molecular weight is 358 g/mol. The van der Waals surface area contributed by atoms with E-state index in [9.17, 15) is 4.79 Å². The van der Waals surface area contributed by atoms with Crippen LogP contribution in [0.25, 0.3) is 10.9 Å². The normalized spacial score (nSPS) is 19.4. The first-order chi connectivity index (χ1) is 12.0. The van der Waals surface area contributed by atoms with Crippen molar-refractivity contribution in [2.75, 3.05) is 6.54 Å². The third-order valence-electron chi connectivity index (χ3n) is 4.85. The number of rotatable bonds is 4. The number of hydrogen-bond acceptors (Lipinski definition) is 4. The fourth-order valence-corrected chi connectivity index (χ4v) is 4.66. The van der Waals surface area contributed by atoms with Gasteiger partial charge >= 0.3 is 0 Å². The van der Waals surface area contributed by atoms with Gasteiger partial charge in [-0.25, -0.2) is 9.97 Å². The highest BCUT2D eigenvalue weighted by Crippen LogP contribution is 2.34. The van der Waals surface area contributed by atoms with Gasteiger partial charge in [-0.2, -0.15) is 0 Å². The van der Waals surface area contributed by atoms with Crippen molar-refractivity contribution < 1.29 is 4.79 Å². The van der Waals surface area contributed by atoms with Crippen LogP contribution < -0.4 is 0 Å². The van der Waals surface area contributed by atoms with E-state index in [2.05, 4.69) is 35.6 Å². The molecule has 0 spiro atoms. The van der Waals surface area contributed by atoms with Crippen LogP contribution in [0.3, 0.4) is 0 Å². The number of likely N-dealkylation sites (tertiary alicyclic amines) is 1. The van der Waals surface area contributed by atoms with Crippen LogP contribution in [0.1, 0.15) is 45.9 Å². The molecule has 1 aliphatic rings. The summed E-state index contributed by atoms with van der Waals surface area (Å²) in [6.45, 7) is 9.22. The molecule has 0 bridgehead atoms. The smallest absolute Gasteiger partial charge is 0.236 e. The van der Waals surface area contributed by atoms with E-state index >= 15 is 0 Å². The van der Waals surface area contributed by atoms with E-state index < -0.39 is 0 Å². The lowest BCUT2D eigenvalue weighted by Gasteiger charge is -2.36. The molecule has 1 fully saturated rings. The van der Waals surface area contributed by atoms with E-state index in [0.717, 1.165) is 41.1 Å². The molecule has 0 N–H and O–H groups in total. The van der Waals surface area contributed by atoms with Crippen molar-refractivity contribution in [1.29, 1.82) is 0 Å². The predicted molar refractivity (Wildman–Crippen MR) is 104 cm³/mol. The SMILES string of the molecule is Cc1nc(SC(C(=O)N2CCCCC2C)C(C)C)c2ccccc2n1. The highest BCUT2D eigenvalue weighted by atomic mass is 32.2. The molecule has 1 amide bonds. The minimum atomic E-state index is -0.113. The Hall–Kier alpha value is -1.62. The molecule has 1 aromatic carbocycles. The topological polar surface area (TPSA) is 46.1 Å². The van der Waals surface area contributed by atoms with Gasteiger partial charge in [0.2, 0.25) is 5.91 Å². The number of para-hydroxylation sites is 1. The summed E-state index contributed by atoms with van der Waals surface area (Å²) in [6.07, 6.45) is 3.44. The molecule has 3 rings (SSSR count). The first-order valence-corrected chi connectivity index (χ1v) is 10.1. The Balaban J connectivity index is 1.91. The molecule has 0 aliphatic carbocycles. The number of aryl methyl sites for hydroxylation is 1.